The molecule has 1 saturated heterocycles. The molecular formula is C46H63N7O13. The van der Waals surface area contributed by atoms with Gasteiger partial charge < -0.3 is 67.2 Å². The normalized spacial score (nSPS) is 20.4. The molecule has 4 rings (SSSR count). The van der Waals surface area contributed by atoms with Gasteiger partial charge in [0.05, 0.1) is 26.2 Å². The number of aliphatic hydroxyl groups excluding tert-OH is 2. The van der Waals surface area contributed by atoms with Gasteiger partial charge in [-0.25, -0.2) is 0 Å². The van der Waals surface area contributed by atoms with Crippen molar-refractivity contribution >= 4 is 52.1 Å². The molecule has 10 atom stereocenters. The van der Waals surface area contributed by atoms with Crippen molar-refractivity contribution in [1.82, 2.24) is 26.6 Å². The third kappa shape index (κ3) is 15.5. The van der Waals surface area contributed by atoms with E-state index in [1.165, 1.54) is 20.8 Å². The maximum Gasteiger partial charge on any atom is 0.249 e. The highest BCUT2D eigenvalue weighted by Crippen LogP contribution is 2.27. The number of rotatable bonds is 25. The second-order valence-electron chi connectivity index (χ2n) is 16.2. The first kappa shape index (κ1) is 52.4. The quantitative estimate of drug-likeness (QED) is 0.0508. The Bertz CT molecular complexity index is 2140. The fraction of sp³-hybridized carbons (Fsp3) is 0.500. The fourth-order valence-electron chi connectivity index (χ4n) is 7.24. The Hall–Kier alpha value is -6.19. The third-order valence-corrected chi connectivity index (χ3v) is 11.1. The molecule has 66 heavy (non-hydrogen) atoms. The summed E-state index contributed by atoms with van der Waals surface area (Å²) in [6.45, 7) is 5.45. The van der Waals surface area contributed by atoms with Gasteiger partial charge in [0.25, 0.3) is 0 Å². The summed E-state index contributed by atoms with van der Waals surface area (Å²) < 4.78 is 22.9. The molecule has 0 radical (unpaired) electrons. The summed E-state index contributed by atoms with van der Waals surface area (Å²) in [5, 5.41) is 35.9. The summed E-state index contributed by atoms with van der Waals surface area (Å²) >= 11 is 0. The zero-order valence-corrected chi connectivity index (χ0v) is 37.8. The Morgan fingerprint density at radius 2 is 1.47 bits per heavy atom. The van der Waals surface area contributed by atoms with Crippen LogP contribution in [0.15, 0.2) is 66.7 Å². The van der Waals surface area contributed by atoms with Crippen molar-refractivity contribution in [1.29, 1.82) is 0 Å². The lowest BCUT2D eigenvalue weighted by molar-refractivity contribution is -0.283. The Morgan fingerprint density at radius 1 is 0.803 bits per heavy atom. The van der Waals surface area contributed by atoms with Crippen molar-refractivity contribution in [2.75, 3.05) is 20.3 Å². The highest BCUT2D eigenvalue weighted by Gasteiger charge is 2.48. The smallest absolute Gasteiger partial charge is 0.249 e. The van der Waals surface area contributed by atoms with Gasteiger partial charge in [-0.1, -0.05) is 54.6 Å². The topological polar surface area (TPSA) is 309 Å². The molecule has 0 saturated carbocycles. The monoisotopic (exact) mass is 921 g/mol. The lowest BCUT2D eigenvalue weighted by Crippen LogP contribution is -2.66. The van der Waals surface area contributed by atoms with Crippen LogP contribution in [-0.2, 0) is 54.4 Å². The first-order chi connectivity index (χ1) is 31.4. The van der Waals surface area contributed by atoms with E-state index >= 15 is 0 Å². The van der Waals surface area contributed by atoms with Crippen molar-refractivity contribution in [3.8, 4) is 5.75 Å². The van der Waals surface area contributed by atoms with Crippen molar-refractivity contribution < 1.29 is 62.7 Å². The molecule has 3 aromatic carbocycles. The standard InChI is InChI=1S/C46H63N7O13/c1-25(30-14-15-32-22-33(63-5)17-16-31(32)21-30)43(60)49-20-10-9-13-34(41(47)58)52-37(56)19-18-35(42(48)59)53-44(61)26(2)50-45(62)27(3)65-40-38(51-28(4)55)46(66-36(23-54)39(40)57)64-24-29-11-7-6-8-12-29/h6-8,11-12,14-17,21-22,25-27,34-36,38-40,46,54,57H,9-10,13,18-20,23-24H2,1-5H3,(H2,47,58)(H2,48,59)(H,49,60)(H,50,62)(H,51,55)(H,52,56)(H,53,61)/t25-,26-,27+,34-,35+,36+,38+,39+,40+,46-/m0/s1. The minimum absolute atomic E-state index is 0.0471. The van der Waals surface area contributed by atoms with Gasteiger partial charge in [-0.05, 0) is 80.5 Å². The van der Waals surface area contributed by atoms with E-state index < -0.39 is 103 Å². The van der Waals surface area contributed by atoms with E-state index in [0.29, 0.717) is 19.4 Å². The molecule has 20 nitrogen and oxygen atoms in total. The Kier molecular flexibility index (Phi) is 20.3. The van der Waals surface area contributed by atoms with Crippen molar-refractivity contribution in [2.24, 2.45) is 11.5 Å². The van der Waals surface area contributed by atoms with Gasteiger partial charge in [-0.15, -0.1) is 0 Å². The molecule has 360 valence electrons. The number of hydrogen-bond donors (Lipinski definition) is 9. The maximum atomic E-state index is 13.3. The predicted octanol–water partition coefficient (Wildman–Crippen LogP) is 0.0368. The molecule has 1 fully saturated rings. The molecule has 7 amide bonds. The molecule has 11 N–H and O–H groups in total. The molecule has 0 spiro atoms. The molecule has 3 aromatic rings. The SMILES string of the molecule is COc1ccc2cc([C@H](C)C(=O)NCCCC[C@H](NC(=O)CC[C@@H](NC(=O)[C@H](C)NC(=O)[C@@H](C)O[C@H]3[C@H](O)[C@@H](CO)O[C@H](OCc4ccccc4)[C@@H]3NC(C)=O)C(N)=O)C(N)=O)ccc2c1. The average molecular weight is 922 g/mol. The van der Waals surface area contributed by atoms with E-state index in [-0.39, 0.29) is 31.8 Å². The van der Waals surface area contributed by atoms with Crippen molar-refractivity contribution in [3.63, 3.8) is 0 Å². The number of primary amides is 2. The second-order valence-corrected chi connectivity index (χ2v) is 16.2. The van der Waals surface area contributed by atoms with E-state index in [1.807, 2.05) is 49.4 Å². The molecule has 0 aliphatic carbocycles. The number of nitrogens with one attached hydrogen (secondary N) is 5. The van der Waals surface area contributed by atoms with Gasteiger partial charge in [0.1, 0.15) is 54.3 Å². The number of nitrogens with two attached hydrogens (primary N) is 2. The first-order valence-corrected chi connectivity index (χ1v) is 21.8. The molecule has 0 unspecified atom stereocenters. The van der Waals surface area contributed by atoms with Gasteiger partial charge in [-0.2, -0.15) is 0 Å². The van der Waals surface area contributed by atoms with Crippen LogP contribution >= 0.6 is 0 Å². The Labute approximate surface area is 383 Å². The van der Waals surface area contributed by atoms with Crippen LogP contribution in [0.1, 0.15) is 76.8 Å². The largest absolute Gasteiger partial charge is 0.497 e. The predicted molar refractivity (Wildman–Crippen MR) is 240 cm³/mol. The van der Waals surface area contributed by atoms with Gasteiger partial charge in [0, 0.05) is 19.9 Å². The number of unbranched alkanes of at least 4 members (excludes halogenated alkanes) is 1. The number of fused-ring (bicyclic) bond motifs is 1. The van der Waals surface area contributed by atoms with Gasteiger partial charge in [-0.3, -0.25) is 33.6 Å². The Balaban J connectivity index is 1.22. The second kappa shape index (κ2) is 25.5. The summed E-state index contributed by atoms with van der Waals surface area (Å²) in [6, 6.07) is 15.8. The van der Waals surface area contributed by atoms with Crippen LogP contribution in [0.2, 0.25) is 0 Å². The zero-order valence-electron chi connectivity index (χ0n) is 37.8. The first-order valence-electron chi connectivity index (χ1n) is 21.8. The minimum atomic E-state index is -1.52. The summed E-state index contributed by atoms with van der Waals surface area (Å²) in [6.07, 6.45) is -6.05. The highest BCUT2D eigenvalue weighted by molar-refractivity contribution is 5.93. The number of benzene rings is 3. The van der Waals surface area contributed by atoms with Crippen LogP contribution in [0.4, 0.5) is 0 Å². The lowest BCUT2D eigenvalue weighted by Gasteiger charge is -2.44. The third-order valence-electron chi connectivity index (χ3n) is 11.1. The molecule has 1 aliphatic heterocycles. The van der Waals surface area contributed by atoms with Gasteiger partial charge in [0.15, 0.2) is 6.29 Å². The number of carbonyl (C=O) groups excluding carboxylic acids is 7. The van der Waals surface area contributed by atoms with E-state index in [4.69, 9.17) is 30.4 Å². The van der Waals surface area contributed by atoms with E-state index in [0.717, 1.165) is 27.6 Å². The molecule has 0 bridgehead atoms. The fourth-order valence-corrected chi connectivity index (χ4v) is 7.24. The van der Waals surface area contributed by atoms with E-state index in [9.17, 15) is 43.8 Å². The van der Waals surface area contributed by atoms with Crippen LogP contribution in [0.25, 0.3) is 10.8 Å². The Morgan fingerprint density at radius 3 is 2.12 bits per heavy atom. The summed E-state index contributed by atoms with van der Waals surface area (Å²) in [4.78, 5) is 88.9. The van der Waals surface area contributed by atoms with Crippen molar-refractivity contribution in [2.45, 2.75) is 127 Å². The molecule has 0 aromatic heterocycles. The average Bonchev–Trinajstić information content (AvgIpc) is 3.29. The van der Waals surface area contributed by atoms with Crippen LogP contribution in [0, 0.1) is 0 Å². The highest BCUT2D eigenvalue weighted by atomic mass is 16.7. The molecule has 1 heterocycles. The number of hydrogen-bond acceptors (Lipinski definition) is 13. The number of amides is 7. The molecule has 1 aliphatic rings. The maximum absolute atomic E-state index is 13.3. The van der Waals surface area contributed by atoms with Crippen LogP contribution in [-0.4, -0.2) is 127 Å². The minimum Gasteiger partial charge on any atom is -0.497 e. The van der Waals surface area contributed by atoms with Crippen LogP contribution in [0.3, 0.4) is 0 Å². The van der Waals surface area contributed by atoms with Crippen molar-refractivity contribution in [3.05, 3.63) is 77.9 Å². The number of ether oxygens (including phenoxy) is 4. The summed E-state index contributed by atoms with van der Waals surface area (Å²) in [5.41, 5.74) is 12.7. The lowest BCUT2D eigenvalue weighted by atomic mass is 9.96. The van der Waals surface area contributed by atoms with Crippen LogP contribution < -0.4 is 42.8 Å². The van der Waals surface area contributed by atoms with Gasteiger partial charge >= 0.3 is 0 Å². The van der Waals surface area contributed by atoms with Crippen LogP contribution in [0.5, 0.6) is 5.75 Å². The summed E-state index contributed by atoms with van der Waals surface area (Å²) in [7, 11) is 1.60. The number of carbonyl (C=O) groups is 7. The van der Waals surface area contributed by atoms with E-state index in [2.05, 4.69) is 26.6 Å². The number of methoxy groups -OCH3 is 1. The summed E-state index contributed by atoms with van der Waals surface area (Å²) in [5.74, 6) is -4.37. The molecular weight excluding hydrogens is 859 g/mol. The van der Waals surface area contributed by atoms with E-state index in [1.54, 1.807) is 31.4 Å². The zero-order chi connectivity index (χ0) is 48.5. The number of aliphatic hydroxyl groups is 2. The molecule has 20 heteroatoms. The van der Waals surface area contributed by atoms with Gasteiger partial charge in [0.2, 0.25) is 41.4 Å².